The summed E-state index contributed by atoms with van der Waals surface area (Å²) in [5.41, 5.74) is -4.12. The molecule has 2 aromatic heterocycles. The summed E-state index contributed by atoms with van der Waals surface area (Å²) in [6.45, 7) is 2.73. The number of ether oxygens (including phenoxy) is 2. The fraction of sp³-hybridized carbons (Fsp3) is 0.565. The summed E-state index contributed by atoms with van der Waals surface area (Å²) in [4.78, 5) is 31.8. The van der Waals surface area contributed by atoms with Crippen LogP contribution in [0.2, 0.25) is 0 Å². The average Bonchev–Trinajstić information content (AvgIpc) is 3.03. The minimum Gasteiger partial charge on any atom is -0.490 e. The molecule has 4 heterocycles. The Labute approximate surface area is 218 Å². The van der Waals surface area contributed by atoms with E-state index in [0.29, 0.717) is 31.9 Å². The highest BCUT2D eigenvalue weighted by Gasteiger charge is 2.38. The number of piperazine rings is 1. The van der Waals surface area contributed by atoms with E-state index in [1.54, 1.807) is 16.9 Å². The number of fused-ring (bicyclic) bond motifs is 3. The molecule has 0 aliphatic carbocycles. The van der Waals surface area contributed by atoms with Crippen molar-refractivity contribution in [2.75, 3.05) is 49.7 Å². The number of halogens is 6. The van der Waals surface area contributed by atoms with Gasteiger partial charge in [-0.15, -0.1) is 0 Å². The van der Waals surface area contributed by atoms with E-state index in [2.05, 4.69) is 15.4 Å². The maximum absolute atomic E-state index is 13.2. The molecule has 2 atom stereocenters. The fourth-order valence-electron chi connectivity index (χ4n) is 4.50. The number of nitrogens with zero attached hydrogens (tertiary/aromatic N) is 4. The van der Waals surface area contributed by atoms with Gasteiger partial charge in [-0.25, -0.2) is 10.1 Å². The van der Waals surface area contributed by atoms with E-state index in [4.69, 9.17) is 9.47 Å². The normalized spacial score (nSPS) is 18.5. The van der Waals surface area contributed by atoms with Gasteiger partial charge < -0.3 is 24.6 Å². The number of hydrogen-bond donors (Lipinski definition) is 2. The number of H-pyrrole nitrogens is 1. The molecule has 2 aliphatic heterocycles. The number of alkyl halides is 6. The van der Waals surface area contributed by atoms with E-state index in [1.165, 1.54) is 0 Å². The molecule has 214 valence electrons. The van der Waals surface area contributed by atoms with Crippen LogP contribution < -0.4 is 20.5 Å². The third-order valence-electron chi connectivity index (χ3n) is 6.35. The minimum atomic E-state index is -4.87. The van der Waals surface area contributed by atoms with Crippen LogP contribution in [0.4, 0.5) is 37.8 Å². The van der Waals surface area contributed by atoms with Crippen molar-refractivity contribution in [1.29, 1.82) is 0 Å². The first-order valence-electron chi connectivity index (χ1n) is 12.1. The van der Waals surface area contributed by atoms with E-state index in [-0.39, 0.29) is 43.9 Å². The van der Waals surface area contributed by atoms with Gasteiger partial charge in [-0.2, -0.15) is 31.4 Å². The second-order valence-corrected chi connectivity index (χ2v) is 9.22. The Morgan fingerprint density at radius 2 is 2.00 bits per heavy atom. The fourth-order valence-corrected chi connectivity index (χ4v) is 4.50. The van der Waals surface area contributed by atoms with Gasteiger partial charge >= 0.3 is 12.4 Å². The first-order chi connectivity index (χ1) is 18.3. The highest BCUT2D eigenvalue weighted by atomic mass is 19.4. The standard InChI is InChI=1S/C23H26F6N6O4/c1-13(32-16-10-31-33-21(37)19(16)23(27,28)29)12-38-6-3-18(36)34-4-5-35-15(11-34)2-7-39-17-8-14(22(24,25)26)9-30-20(17)35/h8-10,13,15H,2-7,11-12H2,1H3,(H2,32,33,37)/t13-,15-/m0/s1. The summed E-state index contributed by atoms with van der Waals surface area (Å²) < 4.78 is 89.7. The second kappa shape index (κ2) is 11.3. The van der Waals surface area contributed by atoms with Gasteiger partial charge in [0.25, 0.3) is 5.56 Å². The van der Waals surface area contributed by atoms with Gasteiger partial charge in [-0.1, -0.05) is 0 Å². The zero-order valence-electron chi connectivity index (χ0n) is 20.7. The molecule has 39 heavy (non-hydrogen) atoms. The predicted molar refractivity (Wildman–Crippen MR) is 125 cm³/mol. The van der Waals surface area contributed by atoms with Crippen LogP contribution in [0.3, 0.4) is 0 Å². The summed E-state index contributed by atoms with van der Waals surface area (Å²) in [6.07, 6.45) is -7.26. The van der Waals surface area contributed by atoms with Crippen LogP contribution in [0.15, 0.2) is 23.3 Å². The van der Waals surface area contributed by atoms with Crippen LogP contribution in [0.5, 0.6) is 5.75 Å². The van der Waals surface area contributed by atoms with Gasteiger partial charge in [-0.05, 0) is 13.0 Å². The van der Waals surface area contributed by atoms with Crippen molar-refractivity contribution < 1.29 is 40.6 Å². The summed E-state index contributed by atoms with van der Waals surface area (Å²) in [5.74, 6) is 0.173. The lowest BCUT2D eigenvalue weighted by atomic mass is 10.1. The molecule has 0 saturated carbocycles. The molecular weight excluding hydrogens is 538 g/mol. The second-order valence-electron chi connectivity index (χ2n) is 9.22. The maximum atomic E-state index is 13.2. The van der Waals surface area contributed by atoms with E-state index in [9.17, 15) is 35.9 Å². The number of aromatic amines is 1. The van der Waals surface area contributed by atoms with Crippen molar-refractivity contribution in [3.63, 3.8) is 0 Å². The lowest BCUT2D eigenvalue weighted by molar-refractivity contribution is -0.138. The molecule has 10 nitrogen and oxygen atoms in total. The summed E-state index contributed by atoms with van der Waals surface area (Å²) in [7, 11) is 0. The van der Waals surface area contributed by atoms with Crippen LogP contribution in [0.25, 0.3) is 0 Å². The molecule has 1 fully saturated rings. The number of hydrogen-bond acceptors (Lipinski definition) is 8. The molecule has 2 aliphatic rings. The van der Waals surface area contributed by atoms with Crippen molar-refractivity contribution >= 4 is 17.4 Å². The van der Waals surface area contributed by atoms with Crippen LogP contribution in [-0.4, -0.2) is 77.5 Å². The van der Waals surface area contributed by atoms with Crippen LogP contribution in [0.1, 0.15) is 30.9 Å². The zero-order valence-corrected chi connectivity index (χ0v) is 20.7. The van der Waals surface area contributed by atoms with Crippen LogP contribution in [-0.2, 0) is 21.9 Å². The Bertz CT molecular complexity index is 1240. The number of anilines is 2. The molecule has 16 heteroatoms. The quantitative estimate of drug-likeness (QED) is 0.390. The van der Waals surface area contributed by atoms with Gasteiger partial charge in [0.15, 0.2) is 11.6 Å². The lowest BCUT2D eigenvalue weighted by Crippen LogP contribution is -2.55. The van der Waals surface area contributed by atoms with Gasteiger partial charge in [0.05, 0.1) is 49.7 Å². The molecule has 0 aromatic carbocycles. The molecule has 0 spiro atoms. The summed E-state index contributed by atoms with van der Waals surface area (Å²) >= 11 is 0. The largest absolute Gasteiger partial charge is 0.490 e. The third-order valence-corrected chi connectivity index (χ3v) is 6.35. The summed E-state index contributed by atoms with van der Waals surface area (Å²) in [5, 5.41) is 7.71. The third kappa shape index (κ3) is 6.72. The van der Waals surface area contributed by atoms with E-state index in [1.807, 2.05) is 4.90 Å². The van der Waals surface area contributed by atoms with Crippen LogP contribution >= 0.6 is 0 Å². The first kappa shape index (κ1) is 28.4. The minimum absolute atomic E-state index is 0.0171. The van der Waals surface area contributed by atoms with Crippen molar-refractivity contribution in [3.8, 4) is 5.75 Å². The molecule has 0 radical (unpaired) electrons. The maximum Gasteiger partial charge on any atom is 0.423 e. The number of rotatable bonds is 7. The Hall–Kier alpha value is -3.56. The Kier molecular flexibility index (Phi) is 8.23. The van der Waals surface area contributed by atoms with E-state index >= 15 is 0 Å². The van der Waals surface area contributed by atoms with E-state index < -0.39 is 40.8 Å². The van der Waals surface area contributed by atoms with E-state index in [0.717, 1.165) is 18.5 Å². The van der Waals surface area contributed by atoms with Crippen molar-refractivity contribution in [2.24, 2.45) is 0 Å². The molecule has 4 rings (SSSR count). The topological polar surface area (TPSA) is 113 Å². The molecule has 2 N–H and O–H groups in total. The van der Waals surface area contributed by atoms with Crippen molar-refractivity contribution in [3.05, 3.63) is 39.9 Å². The highest BCUT2D eigenvalue weighted by molar-refractivity contribution is 5.76. The Morgan fingerprint density at radius 3 is 2.72 bits per heavy atom. The smallest absolute Gasteiger partial charge is 0.423 e. The Balaban J connectivity index is 1.26. The molecular formula is C23H26F6N6O4. The van der Waals surface area contributed by atoms with Gasteiger partial charge in [0, 0.05) is 38.3 Å². The lowest BCUT2D eigenvalue weighted by Gasteiger charge is -2.41. The van der Waals surface area contributed by atoms with Gasteiger partial charge in [0.2, 0.25) is 5.91 Å². The number of amides is 1. The average molecular weight is 564 g/mol. The molecule has 0 unspecified atom stereocenters. The Morgan fingerprint density at radius 1 is 1.23 bits per heavy atom. The van der Waals surface area contributed by atoms with Gasteiger partial charge in [0.1, 0.15) is 5.56 Å². The predicted octanol–water partition coefficient (Wildman–Crippen LogP) is 2.91. The number of carbonyl (C=O) groups excluding carboxylic acids is 1. The number of nitrogens with one attached hydrogen (secondary N) is 2. The highest BCUT2D eigenvalue weighted by Crippen LogP contribution is 2.38. The summed E-state index contributed by atoms with van der Waals surface area (Å²) in [6, 6.07) is 0.125. The van der Waals surface area contributed by atoms with Crippen LogP contribution in [0, 0.1) is 0 Å². The zero-order chi connectivity index (χ0) is 28.4. The molecule has 2 aromatic rings. The number of pyridine rings is 1. The SMILES string of the molecule is C[C@@H](COCCC(=O)N1CCN2c3ncc(C(F)(F)F)cc3OCC[C@H]2C1)Nc1cn[nH]c(=O)c1C(F)(F)F. The van der Waals surface area contributed by atoms with Crippen molar-refractivity contribution in [2.45, 2.75) is 44.2 Å². The van der Waals surface area contributed by atoms with Gasteiger partial charge in [-0.3, -0.25) is 9.59 Å². The monoisotopic (exact) mass is 564 g/mol. The first-order valence-corrected chi connectivity index (χ1v) is 12.1. The molecule has 1 amide bonds. The van der Waals surface area contributed by atoms with Crippen molar-refractivity contribution in [1.82, 2.24) is 20.1 Å². The molecule has 0 bridgehead atoms. The molecule has 1 saturated heterocycles. The number of aromatic nitrogens is 3. The number of carbonyl (C=O) groups is 1.